The Labute approximate surface area is 200 Å². The highest BCUT2D eigenvalue weighted by molar-refractivity contribution is 6.03. The minimum atomic E-state index is -0.959. The van der Waals surface area contributed by atoms with Crippen molar-refractivity contribution in [2.75, 3.05) is 13.2 Å². The van der Waals surface area contributed by atoms with Crippen LogP contribution in [-0.4, -0.2) is 46.0 Å². The number of nitrogens with one attached hydrogen (secondary N) is 1. The van der Waals surface area contributed by atoms with E-state index in [9.17, 15) is 9.59 Å². The molecule has 1 aliphatic carbocycles. The van der Waals surface area contributed by atoms with Gasteiger partial charge in [-0.3, -0.25) is 9.59 Å². The zero-order valence-corrected chi connectivity index (χ0v) is 20.0. The molecular weight excluding hydrogens is 426 g/mol. The van der Waals surface area contributed by atoms with Crippen LogP contribution in [0.1, 0.15) is 55.6 Å². The van der Waals surface area contributed by atoms with Gasteiger partial charge in [0.15, 0.2) is 0 Å². The second-order valence-electron chi connectivity index (χ2n) is 9.69. The van der Waals surface area contributed by atoms with Gasteiger partial charge >= 0.3 is 0 Å². The van der Waals surface area contributed by atoms with Crippen molar-refractivity contribution < 1.29 is 14.3 Å². The van der Waals surface area contributed by atoms with Gasteiger partial charge in [0.05, 0.1) is 13.2 Å². The van der Waals surface area contributed by atoms with Gasteiger partial charge in [0.25, 0.3) is 5.91 Å². The number of hydrogen-bond donors (Lipinski definition) is 1. The largest absolute Gasteiger partial charge is 0.494 e. The molecule has 1 atom stereocenters. The summed E-state index contributed by atoms with van der Waals surface area (Å²) in [6.45, 7) is 5.44. The van der Waals surface area contributed by atoms with Crippen LogP contribution in [0.15, 0.2) is 54.6 Å². The molecule has 1 saturated carbocycles. The van der Waals surface area contributed by atoms with E-state index >= 15 is 0 Å². The van der Waals surface area contributed by atoms with Crippen LogP contribution in [0.5, 0.6) is 5.75 Å². The van der Waals surface area contributed by atoms with Crippen LogP contribution >= 0.6 is 0 Å². The summed E-state index contributed by atoms with van der Waals surface area (Å²) >= 11 is 0. The van der Waals surface area contributed by atoms with E-state index in [1.165, 1.54) is 0 Å². The lowest BCUT2D eigenvalue weighted by molar-refractivity contribution is -0.133. The van der Waals surface area contributed by atoms with Gasteiger partial charge in [0.2, 0.25) is 5.91 Å². The highest BCUT2D eigenvalue weighted by Crippen LogP contribution is 2.33. The van der Waals surface area contributed by atoms with E-state index in [4.69, 9.17) is 4.74 Å². The fraction of sp³-hybridized carbons (Fsp3) is 0.429. The Bertz CT molecular complexity index is 1190. The minimum Gasteiger partial charge on any atom is -0.494 e. The molecule has 3 aromatic rings. The summed E-state index contributed by atoms with van der Waals surface area (Å²) in [7, 11) is 0. The van der Waals surface area contributed by atoms with E-state index in [-0.39, 0.29) is 17.9 Å². The predicted molar refractivity (Wildman–Crippen MR) is 133 cm³/mol. The second kappa shape index (κ2) is 9.16. The van der Waals surface area contributed by atoms with E-state index in [0.717, 1.165) is 47.9 Å². The molecule has 1 unspecified atom stereocenters. The zero-order chi connectivity index (χ0) is 23.7. The monoisotopic (exact) mass is 459 g/mol. The van der Waals surface area contributed by atoms with Gasteiger partial charge in [-0.15, -0.1) is 0 Å². The molecule has 0 bridgehead atoms. The average Bonchev–Trinajstić information content (AvgIpc) is 3.48. The third-order valence-electron chi connectivity index (χ3n) is 7.37. The van der Waals surface area contributed by atoms with Gasteiger partial charge in [0, 0.05) is 23.5 Å². The van der Waals surface area contributed by atoms with Crippen molar-refractivity contribution in [1.29, 1.82) is 0 Å². The van der Waals surface area contributed by atoms with E-state index in [2.05, 4.69) is 5.32 Å². The van der Waals surface area contributed by atoms with Crippen molar-refractivity contribution in [1.82, 2.24) is 14.8 Å². The fourth-order valence-electron chi connectivity index (χ4n) is 5.43. The van der Waals surface area contributed by atoms with Crippen molar-refractivity contribution >= 4 is 22.7 Å². The van der Waals surface area contributed by atoms with E-state index in [1.54, 1.807) is 4.90 Å². The highest BCUT2D eigenvalue weighted by atomic mass is 16.5. The number of para-hydroxylation sites is 1. The Balaban J connectivity index is 1.45. The lowest BCUT2D eigenvalue weighted by Crippen LogP contribution is -2.65. The van der Waals surface area contributed by atoms with Gasteiger partial charge in [-0.2, -0.15) is 0 Å². The number of fused-ring (bicyclic) bond motifs is 3. The van der Waals surface area contributed by atoms with Gasteiger partial charge < -0.3 is 19.5 Å². The van der Waals surface area contributed by atoms with Crippen LogP contribution < -0.4 is 10.1 Å². The molecule has 5 rings (SSSR count). The lowest BCUT2D eigenvalue weighted by atomic mass is 9.93. The summed E-state index contributed by atoms with van der Waals surface area (Å²) in [6.07, 6.45) is 4.99. The molecule has 2 heterocycles. The molecule has 2 amide bonds. The first kappa shape index (κ1) is 22.5. The number of amides is 2. The van der Waals surface area contributed by atoms with Crippen molar-refractivity contribution in [2.24, 2.45) is 0 Å². The first-order valence-corrected chi connectivity index (χ1v) is 12.4. The molecule has 6 heteroatoms. The van der Waals surface area contributed by atoms with Crippen LogP contribution in [0.3, 0.4) is 0 Å². The van der Waals surface area contributed by atoms with E-state index in [1.807, 2.05) is 73.0 Å². The molecule has 1 aromatic heterocycles. The Kier molecular flexibility index (Phi) is 6.07. The smallest absolute Gasteiger partial charge is 0.271 e. The average molecular weight is 460 g/mol. The number of carbonyl (C=O) groups is 2. The molecule has 2 aliphatic rings. The molecule has 0 spiro atoms. The van der Waals surface area contributed by atoms with Crippen LogP contribution in [-0.2, 0) is 17.8 Å². The molecule has 6 nitrogen and oxygen atoms in total. The quantitative estimate of drug-likeness (QED) is 0.564. The maximum Gasteiger partial charge on any atom is 0.271 e. The highest BCUT2D eigenvalue weighted by Gasteiger charge is 2.48. The molecule has 1 N–H and O–H groups in total. The van der Waals surface area contributed by atoms with Gasteiger partial charge in [-0.25, -0.2) is 0 Å². The van der Waals surface area contributed by atoms with Gasteiger partial charge in [-0.1, -0.05) is 43.2 Å². The number of hydrogen-bond acceptors (Lipinski definition) is 3. The summed E-state index contributed by atoms with van der Waals surface area (Å²) in [5, 5.41) is 4.29. The molecule has 1 aliphatic heterocycles. The SMILES string of the molecule is CCOc1ccc(CCN2C(=O)c3cc4ccccc4n3CC2(C)C(=O)NC2CCCC2)cc1. The topological polar surface area (TPSA) is 63.6 Å². The number of aromatic nitrogens is 1. The summed E-state index contributed by atoms with van der Waals surface area (Å²) in [6, 6.07) is 18.2. The van der Waals surface area contributed by atoms with E-state index < -0.39 is 5.54 Å². The number of nitrogens with zero attached hydrogens (tertiary/aromatic N) is 2. The molecular formula is C28H33N3O3. The first-order chi connectivity index (χ1) is 16.5. The van der Waals surface area contributed by atoms with Crippen LogP contribution in [0.2, 0.25) is 0 Å². The molecule has 0 saturated heterocycles. The maximum atomic E-state index is 13.8. The lowest BCUT2D eigenvalue weighted by Gasteiger charge is -2.44. The molecule has 178 valence electrons. The Morgan fingerprint density at radius 2 is 1.85 bits per heavy atom. The Morgan fingerprint density at radius 3 is 2.59 bits per heavy atom. The first-order valence-electron chi connectivity index (χ1n) is 12.4. The molecule has 1 fully saturated rings. The fourth-order valence-corrected chi connectivity index (χ4v) is 5.43. The van der Waals surface area contributed by atoms with Crippen LogP contribution in [0.4, 0.5) is 0 Å². The number of benzene rings is 2. The van der Waals surface area contributed by atoms with Crippen molar-refractivity contribution in [3.8, 4) is 5.75 Å². The minimum absolute atomic E-state index is 0.0529. The van der Waals surface area contributed by atoms with E-state index in [0.29, 0.717) is 31.8 Å². The summed E-state index contributed by atoms with van der Waals surface area (Å²) in [5.74, 6) is 0.700. The summed E-state index contributed by atoms with van der Waals surface area (Å²) in [5.41, 5.74) is 1.80. The zero-order valence-electron chi connectivity index (χ0n) is 20.0. The number of ether oxygens (including phenoxy) is 1. The van der Waals surface area contributed by atoms with Crippen molar-refractivity contribution in [3.63, 3.8) is 0 Å². The van der Waals surface area contributed by atoms with Gasteiger partial charge in [0.1, 0.15) is 17.0 Å². The predicted octanol–water partition coefficient (Wildman–Crippen LogP) is 4.56. The molecule has 2 aromatic carbocycles. The standard InChI is InChI=1S/C28H33N3O3/c1-3-34-23-14-12-20(13-15-23)16-17-31-26(32)25-18-21-8-4-7-11-24(21)30(25)19-28(31,2)27(33)29-22-9-5-6-10-22/h4,7-8,11-15,18,22H,3,5-6,9-10,16-17,19H2,1-2H3,(H,29,33). The van der Waals surface area contributed by atoms with Crippen molar-refractivity contribution in [2.45, 2.75) is 64.1 Å². The molecule has 0 radical (unpaired) electrons. The number of carbonyl (C=O) groups excluding carboxylic acids is 2. The summed E-state index contributed by atoms with van der Waals surface area (Å²) in [4.78, 5) is 29.3. The normalized spacial score (nSPS) is 20.5. The maximum absolute atomic E-state index is 13.8. The Hall–Kier alpha value is -3.28. The van der Waals surface area contributed by atoms with Crippen LogP contribution in [0.25, 0.3) is 10.9 Å². The number of rotatable bonds is 7. The molecule has 34 heavy (non-hydrogen) atoms. The second-order valence-corrected chi connectivity index (χ2v) is 9.69. The van der Waals surface area contributed by atoms with Crippen molar-refractivity contribution in [3.05, 3.63) is 65.9 Å². The summed E-state index contributed by atoms with van der Waals surface area (Å²) < 4.78 is 7.57. The van der Waals surface area contributed by atoms with Crippen LogP contribution in [0, 0.1) is 0 Å². The van der Waals surface area contributed by atoms with Gasteiger partial charge in [-0.05, 0) is 62.9 Å². The third kappa shape index (κ3) is 4.06. The third-order valence-corrected chi connectivity index (χ3v) is 7.37. The Morgan fingerprint density at radius 1 is 1.12 bits per heavy atom.